The predicted octanol–water partition coefficient (Wildman–Crippen LogP) is 1.91. The van der Waals surface area contributed by atoms with Crippen molar-refractivity contribution in [2.24, 2.45) is 10.4 Å². The topological polar surface area (TPSA) is 45.7 Å². The minimum atomic E-state index is 0.230. The SMILES string of the molecule is CCNC(=NCC(C)(C)C)NC1CC2CCC1O2. The molecule has 0 aromatic heterocycles. The van der Waals surface area contributed by atoms with Gasteiger partial charge in [-0.1, -0.05) is 20.8 Å². The van der Waals surface area contributed by atoms with E-state index in [4.69, 9.17) is 4.74 Å². The van der Waals surface area contributed by atoms with Crippen molar-refractivity contribution in [3.05, 3.63) is 0 Å². The zero-order valence-corrected chi connectivity index (χ0v) is 12.1. The zero-order chi connectivity index (χ0) is 13.2. The van der Waals surface area contributed by atoms with Crippen LogP contribution in [0.25, 0.3) is 0 Å². The molecular formula is C14H27N3O. The quantitative estimate of drug-likeness (QED) is 0.596. The summed E-state index contributed by atoms with van der Waals surface area (Å²) in [6.07, 6.45) is 4.44. The summed E-state index contributed by atoms with van der Waals surface area (Å²) in [6, 6.07) is 0.446. The Bertz CT molecular complexity index is 309. The van der Waals surface area contributed by atoms with Crippen molar-refractivity contribution in [1.29, 1.82) is 0 Å². The number of guanidine groups is 1. The van der Waals surface area contributed by atoms with Crippen LogP contribution in [0.15, 0.2) is 4.99 Å². The molecule has 2 N–H and O–H groups in total. The Hall–Kier alpha value is -0.770. The van der Waals surface area contributed by atoms with Crippen LogP contribution in [-0.4, -0.2) is 37.3 Å². The van der Waals surface area contributed by atoms with Gasteiger partial charge in [0.1, 0.15) is 0 Å². The van der Waals surface area contributed by atoms with E-state index in [1.165, 1.54) is 12.8 Å². The first-order valence-electron chi connectivity index (χ1n) is 7.18. The average Bonchev–Trinajstić information content (AvgIpc) is 2.87. The molecule has 4 nitrogen and oxygen atoms in total. The molecule has 2 aliphatic heterocycles. The van der Waals surface area contributed by atoms with Crippen LogP contribution in [0.3, 0.4) is 0 Å². The van der Waals surface area contributed by atoms with Gasteiger partial charge >= 0.3 is 0 Å². The van der Waals surface area contributed by atoms with Gasteiger partial charge in [0.2, 0.25) is 0 Å². The van der Waals surface area contributed by atoms with Crippen LogP contribution < -0.4 is 10.6 Å². The molecule has 2 heterocycles. The predicted molar refractivity (Wildman–Crippen MR) is 74.9 cm³/mol. The second-order valence-electron chi connectivity index (χ2n) is 6.62. The first kappa shape index (κ1) is 13.7. The minimum Gasteiger partial charge on any atom is -0.373 e. The molecule has 2 bridgehead atoms. The van der Waals surface area contributed by atoms with Gasteiger partial charge in [-0.2, -0.15) is 0 Å². The van der Waals surface area contributed by atoms with Crippen molar-refractivity contribution in [2.45, 2.75) is 65.2 Å². The van der Waals surface area contributed by atoms with E-state index in [9.17, 15) is 0 Å². The number of fused-ring (bicyclic) bond motifs is 2. The van der Waals surface area contributed by atoms with Crippen LogP contribution in [-0.2, 0) is 4.74 Å². The standard InChI is InChI=1S/C14H27N3O/c1-5-15-13(16-9-14(2,3)4)17-11-8-10-6-7-12(11)18-10/h10-12H,5-9H2,1-4H3,(H2,15,16,17). The Morgan fingerprint density at radius 1 is 1.33 bits per heavy atom. The molecule has 18 heavy (non-hydrogen) atoms. The van der Waals surface area contributed by atoms with Gasteiger partial charge in [-0.3, -0.25) is 4.99 Å². The van der Waals surface area contributed by atoms with Gasteiger partial charge < -0.3 is 15.4 Å². The highest BCUT2D eigenvalue weighted by Gasteiger charge is 2.41. The van der Waals surface area contributed by atoms with Gasteiger partial charge in [-0.15, -0.1) is 0 Å². The third-order valence-corrected chi connectivity index (χ3v) is 3.48. The first-order chi connectivity index (χ1) is 8.48. The largest absolute Gasteiger partial charge is 0.373 e. The third-order valence-electron chi connectivity index (χ3n) is 3.48. The highest BCUT2D eigenvalue weighted by atomic mass is 16.5. The Kier molecular flexibility index (Phi) is 4.15. The molecule has 0 saturated carbocycles. The lowest BCUT2D eigenvalue weighted by Gasteiger charge is -2.23. The van der Waals surface area contributed by atoms with E-state index >= 15 is 0 Å². The molecule has 0 aromatic carbocycles. The second-order valence-corrected chi connectivity index (χ2v) is 6.62. The maximum absolute atomic E-state index is 5.86. The van der Waals surface area contributed by atoms with Crippen molar-refractivity contribution in [3.8, 4) is 0 Å². The average molecular weight is 253 g/mol. The molecule has 3 unspecified atom stereocenters. The molecule has 0 spiro atoms. The number of nitrogens with zero attached hydrogens (tertiary/aromatic N) is 1. The minimum absolute atomic E-state index is 0.230. The molecule has 2 rings (SSSR count). The van der Waals surface area contributed by atoms with E-state index in [2.05, 4.69) is 43.3 Å². The number of aliphatic imine (C=N–C) groups is 1. The number of ether oxygens (including phenoxy) is 1. The summed E-state index contributed by atoms with van der Waals surface area (Å²) in [5.41, 5.74) is 0.230. The van der Waals surface area contributed by atoms with E-state index in [0.717, 1.165) is 25.5 Å². The van der Waals surface area contributed by atoms with Crippen LogP contribution >= 0.6 is 0 Å². The Labute approximate surface area is 111 Å². The van der Waals surface area contributed by atoms with E-state index in [1.807, 2.05) is 0 Å². The molecular weight excluding hydrogens is 226 g/mol. The summed E-state index contributed by atoms with van der Waals surface area (Å²) in [5.74, 6) is 0.938. The Balaban J connectivity index is 1.90. The summed E-state index contributed by atoms with van der Waals surface area (Å²) in [7, 11) is 0. The van der Waals surface area contributed by atoms with E-state index in [-0.39, 0.29) is 5.41 Å². The van der Waals surface area contributed by atoms with Gasteiger partial charge in [0.25, 0.3) is 0 Å². The summed E-state index contributed by atoms with van der Waals surface area (Å²) in [4.78, 5) is 4.67. The molecule has 0 amide bonds. The lowest BCUT2D eigenvalue weighted by atomic mass is 9.95. The van der Waals surface area contributed by atoms with Gasteiger partial charge in [0.15, 0.2) is 5.96 Å². The number of rotatable bonds is 3. The van der Waals surface area contributed by atoms with E-state index < -0.39 is 0 Å². The summed E-state index contributed by atoms with van der Waals surface area (Å²) in [5, 5.41) is 6.86. The van der Waals surface area contributed by atoms with Crippen molar-refractivity contribution in [1.82, 2.24) is 10.6 Å². The fraction of sp³-hybridized carbons (Fsp3) is 0.929. The fourth-order valence-corrected chi connectivity index (χ4v) is 2.60. The Morgan fingerprint density at radius 2 is 2.11 bits per heavy atom. The molecule has 104 valence electrons. The monoisotopic (exact) mass is 253 g/mol. The van der Waals surface area contributed by atoms with Gasteiger partial charge in [-0.25, -0.2) is 0 Å². The van der Waals surface area contributed by atoms with Crippen molar-refractivity contribution in [2.75, 3.05) is 13.1 Å². The smallest absolute Gasteiger partial charge is 0.191 e. The van der Waals surface area contributed by atoms with Gasteiger partial charge in [0, 0.05) is 13.1 Å². The van der Waals surface area contributed by atoms with Crippen LogP contribution in [0, 0.1) is 5.41 Å². The summed E-state index contributed by atoms with van der Waals surface area (Å²) < 4.78 is 5.86. The maximum Gasteiger partial charge on any atom is 0.191 e. The maximum atomic E-state index is 5.86. The van der Waals surface area contributed by atoms with Gasteiger partial charge in [-0.05, 0) is 31.6 Å². The summed E-state index contributed by atoms with van der Waals surface area (Å²) >= 11 is 0. The van der Waals surface area contributed by atoms with E-state index in [1.54, 1.807) is 0 Å². The molecule has 0 radical (unpaired) electrons. The normalized spacial score (nSPS) is 31.8. The fourth-order valence-electron chi connectivity index (χ4n) is 2.60. The number of hydrogen-bond acceptors (Lipinski definition) is 2. The lowest BCUT2D eigenvalue weighted by molar-refractivity contribution is 0.0992. The third kappa shape index (κ3) is 3.61. The first-order valence-corrected chi connectivity index (χ1v) is 7.18. The molecule has 2 fully saturated rings. The lowest BCUT2D eigenvalue weighted by Crippen LogP contribution is -2.47. The molecule has 0 aromatic rings. The summed E-state index contributed by atoms with van der Waals surface area (Å²) in [6.45, 7) is 10.5. The zero-order valence-electron chi connectivity index (χ0n) is 12.1. The van der Waals surface area contributed by atoms with Crippen LogP contribution in [0.1, 0.15) is 47.0 Å². The van der Waals surface area contributed by atoms with Gasteiger partial charge in [0.05, 0.1) is 18.2 Å². The Morgan fingerprint density at radius 3 is 2.61 bits per heavy atom. The second kappa shape index (κ2) is 5.47. The highest BCUT2D eigenvalue weighted by Crippen LogP contribution is 2.34. The number of nitrogens with one attached hydrogen (secondary N) is 2. The molecule has 2 aliphatic rings. The van der Waals surface area contributed by atoms with Crippen molar-refractivity contribution < 1.29 is 4.74 Å². The van der Waals surface area contributed by atoms with Crippen molar-refractivity contribution in [3.63, 3.8) is 0 Å². The molecule has 0 aliphatic carbocycles. The molecule has 2 saturated heterocycles. The van der Waals surface area contributed by atoms with Crippen LogP contribution in [0.5, 0.6) is 0 Å². The van der Waals surface area contributed by atoms with E-state index in [0.29, 0.717) is 18.2 Å². The number of hydrogen-bond donors (Lipinski definition) is 2. The molecule has 4 heteroatoms. The van der Waals surface area contributed by atoms with Crippen LogP contribution in [0.4, 0.5) is 0 Å². The highest BCUT2D eigenvalue weighted by molar-refractivity contribution is 5.80. The molecule has 3 atom stereocenters. The van der Waals surface area contributed by atoms with Crippen molar-refractivity contribution >= 4 is 5.96 Å². The van der Waals surface area contributed by atoms with Crippen LogP contribution in [0.2, 0.25) is 0 Å².